The third-order valence-electron chi connectivity index (χ3n) is 4.66. The van der Waals surface area contributed by atoms with Crippen LogP contribution in [0.1, 0.15) is 15.9 Å². The fourth-order valence-electron chi connectivity index (χ4n) is 3.07. The van der Waals surface area contributed by atoms with E-state index in [0.717, 1.165) is 31.7 Å². The van der Waals surface area contributed by atoms with E-state index in [2.05, 4.69) is 15.1 Å². The smallest absolute Gasteiger partial charge is 0.280 e. The monoisotopic (exact) mass is 444 g/mol. The van der Waals surface area contributed by atoms with E-state index in [1.54, 1.807) is 24.9 Å². The average molecular weight is 445 g/mol. The van der Waals surface area contributed by atoms with Crippen molar-refractivity contribution >= 4 is 60.4 Å². The van der Waals surface area contributed by atoms with Crippen molar-refractivity contribution in [1.29, 1.82) is 0 Å². The number of rotatable bonds is 5. The lowest BCUT2D eigenvalue weighted by atomic mass is 10.2. The molecule has 5 rings (SSSR count). The molecule has 0 aliphatic carbocycles. The number of nitrogens with zero attached hydrogens (tertiary/aromatic N) is 4. The fraction of sp³-hybridized carbons (Fsp3) is 0.0435. The fourth-order valence-corrected chi connectivity index (χ4v) is 4.74. The van der Waals surface area contributed by atoms with Crippen LogP contribution in [-0.4, -0.2) is 29.2 Å². The Labute approximate surface area is 186 Å². The summed E-state index contributed by atoms with van der Waals surface area (Å²) in [6, 6.07) is 20.7. The minimum atomic E-state index is -0.256. The summed E-state index contributed by atoms with van der Waals surface area (Å²) in [6.07, 6.45) is 1.66. The van der Waals surface area contributed by atoms with Crippen molar-refractivity contribution in [3.05, 3.63) is 83.4 Å². The number of fused-ring (bicyclic) bond motifs is 2. The quantitative estimate of drug-likeness (QED) is 0.262. The van der Waals surface area contributed by atoms with Gasteiger partial charge in [0.1, 0.15) is 5.75 Å². The van der Waals surface area contributed by atoms with Crippen LogP contribution in [0.25, 0.3) is 20.4 Å². The van der Waals surface area contributed by atoms with Crippen LogP contribution in [-0.2, 0) is 0 Å². The van der Waals surface area contributed by atoms with Gasteiger partial charge in [-0.25, -0.2) is 9.97 Å². The van der Waals surface area contributed by atoms with Gasteiger partial charge in [-0.2, -0.15) is 10.1 Å². The molecule has 0 saturated carbocycles. The summed E-state index contributed by atoms with van der Waals surface area (Å²) >= 11 is 2.89. The Hall–Kier alpha value is -3.62. The largest absolute Gasteiger partial charge is 0.497 e. The van der Waals surface area contributed by atoms with Gasteiger partial charge in [0.05, 0.1) is 39.3 Å². The molecule has 1 amide bonds. The van der Waals surface area contributed by atoms with Gasteiger partial charge in [-0.05, 0) is 42.0 Å². The molecular formula is C23H16N4O2S2. The molecule has 5 aromatic rings. The van der Waals surface area contributed by atoms with E-state index in [1.165, 1.54) is 27.7 Å². The number of thiazole rings is 2. The standard InChI is InChI=1S/C23H16N4O2S2/c1-29-17-8-10-19-21(12-17)31-23(26-19)27(25-13-15-5-3-2-4-6-15)22(28)16-7-9-18-20(11-16)30-14-24-18/h2-14H,1H3/b25-13+. The molecule has 0 unspecified atom stereocenters. The average Bonchev–Trinajstić information content (AvgIpc) is 3.45. The minimum absolute atomic E-state index is 0.256. The normalized spacial score (nSPS) is 11.4. The maximum atomic E-state index is 13.5. The van der Waals surface area contributed by atoms with Crippen LogP contribution in [0.4, 0.5) is 5.13 Å². The number of carbonyl (C=O) groups excluding carboxylic acids is 1. The van der Waals surface area contributed by atoms with Crippen LogP contribution in [0.3, 0.4) is 0 Å². The lowest BCUT2D eigenvalue weighted by Gasteiger charge is -2.14. The number of carbonyl (C=O) groups is 1. The molecule has 31 heavy (non-hydrogen) atoms. The highest BCUT2D eigenvalue weighted by Crippen LogP contribution is 2.32. The van der Waals surface area contributed by atoms with Crippen molar-refractivity contribution in [2.45, 2.75) is 0 Å². The molecule has 0 saturated heterocycles. The number of hydrazone groups is 1. The number of amides is 1. The van der Waals surface area contributed by atoms with Gasteiger partial charge in [0.15, 0.2) is 0 Å². The van der Waals surface area contributed by atoms with Crippen LogP contribution in [0.5, 0.6) is 5.75 Å². The first-order valence-electron chi connectivity index (χ1n) is 9.42. The molecule has 3 aromatic carbocycles. The Bertz CT molecular complexity index is 1410. The second-order valence-corrected chi connectivity index (χ2v) is 8.53. The SMILES string of the molecule is COc1ccc2nc(N(/N=C/c3ccccc3)C(=O)c3ccc4ncsc4c3)sc2c1. The molecule has 0 atom stereocenters. The van der Waals surface area contributed by atoms with Crippen LogP contribution in [0, 0.1) is 0 Å². The Balaban J connectivity index is 1.58. The first-order valence-corrected chi connectivity index (χ1v) is 11.1. The third kappa shape index (κ3) is 3.90. The van der Waals surface area contributed by atoms with Gasteiger partial charge in [0.2, 0.25) is 5.13 Å². The zero-order valence-electron chi connectivity index (χ0n) is 16.4. The number of anilines is 1. The van der Waals surface area contributed by atoms with E-state index in [0.29, 0.717) is 10.7 Å². The summed E-state index contributed by atoms with van der Waals surface area (Å²) < 4.78 is 7.18. The van der Waals surface area contributed by atoms with Crippen LogP contribution in [0.2, 0.25) is 0 Å². The van der Waals surface area contributed by atoms with Crippen molar-refractivity contribution in [2.75, 3.05) is 12.1 Å². The molecule has 0 bridgehead atoms. The highest BCUT2D eigenvalue weighted by atomic mass is 32.1. The van der Waals surface area contributed by atoms with Crippen molar-refractivity contribution in [1.82, 2.24) is 9.97 Å². The number of hydrogen-bond donors (Lipinski definition) is 0. The van der Waals surface area contributed by atoms with Crippen LogP contribution >= 0.6 is 22.7 Å². The van der Waals surface area contributed by atoms with Crippen molar-refractivity contribution in [3.63, 3.8) is 0 Å². The van der Waals surface area contributed by atoms with Gasteiger partial charge >= 0.3 is 0 Å². The van der Waals surface area contributed by atoms with Gasteiger partial charge in [0.25, 0.3) is 5.91 Å². The topological polar surface area (TPSA) is 67.7 Å². The number of aromatic nitrogens is 2. The molecule has 2 aromatic heterocycles. The highest BCUT2D eigenvalue weighted by Gasteiger charge is 2.22. The Morgan fingerprint density at radius 1 is 1.03 bits per heavy atom. The van der Waals surface area contributed by atoms with E-state index in [9.17, 15) is 4.79 Å². The third-order valence-corrected chi connectivity index (χ3v) is 6.44. The maximum absolute atomic E-state index is 13.5. The summed E-state index contributed by atoms with van der Waals surface area (Å²) in [7, 11) is 1.62. The molecule has 0 aliphatic heterocycles. The first kappa shape index (κ1) is 19.3. The van der Waals surface area contributed by atoms with Gasteiger partial charge in [-0.3, -0.25) is 4.79 Å². The summed E-state index contributed by atoms with van der Waals surface area (Å²) in [6.45, 7) is 0. The highest BCUT2D eigenvalue weighted by molar-refractivity contribution is 7.22. The molecule has 152 valence electrons. The van der Waals surface area contributed by atoms with E-state index in [-0.39, 0.29) is 5.91 Å². The minimum Gasteiger partial charge on any atom is -0.497 e. The summed E-state index contributed by atoms with van der Waals surface area (Å²) in [5.41, 5.74) is 4.84. The zero-order chi connectivity index (χ0) is 21.2. The Morgan fingerprint density at radius 2 is 1.87 bits per heavy atom. The predicted octanol–water partition coefficient (Wildman–Crippen LogP) is 5.60. The first-order chi connectivity index (χ1) is 15.2. The molecule has 2 heterocycles. The van der Waals surface area contributed by atoms with Gasteiger partial charge in [-0.1, -0.05) is 41.7 Å². The van der Waals surface area contributed by atoms with Gasteiger partial charge in [-0.15, -0.1) is 11.3 Å². The molecule has 6 nitrogen and oxygen atoms in total. The van der Waals surface area contributed by atoms with E-state index < -0.39 is 0 Å². The summed E-state index contributed by atoms with van der Waals surface area (Å²) in [4.78, 5) is 22.4. The Kier molecular flexibility index (Phi) is 5.15. The second-order valence-electron chi connectivity index (χ2n) is 6.64. The van der Waals surface area contributed by atoms with Crippen LogP contribution < -0.4 is 9.75 Å². The maximum Gasteiger partial charge on any atom is 0.280 e. The van der Waals surface area contributed by atoms with Crippen molar-refractivity contribution in [3.8, 4) is 5.75 Å². The van der Waals surface area contributed by atoms with Crippen molar-refractivity contribution in [2.24, 2.45) is 5.10 Å². The van der Waals surface area contributed by atoms with E-state index in [1.807, 2.05) is 60.7 Å². The number of ether oxygens (including phenoxy) is 1. The zero-order valence-corrected chi connectivity index (χ0v) is 18.1. The molecule has 0 fully saturated rings. The molecule has 0 radical (unpaired) electrons. The summed E-state index contributed by atoms with van der Waals surface area (Å²) in [5.74, 6) is 0.484. The lowest BCUT2D eigenvalue weighted by Crippen LogP contribution is -2.25. The Morgan fingerprint density at radius 3 is 2.71 bits per heavy atom. The van der Waals surface area contributed by atoms with Crippen molar-refractivity contribution < 1.29 is 9.53 Å². The van der Waals surface area contributed by atoms with Gasteiger partial charge < -0.3 is 4.74 Å². The molecule has 0 aliphatic rings. The predicted molar refractivity (Wildman–Crippen MR) is 127 cm³/mol. The van der Waals surface area contributed by atoms with Crippen LogP contribution in [0.15, 0.2) is 77.3 Å². The van der Waals surface area contributed by atoms with Gasteiger partial charge in [0, 0.05) is 5.56 Å². The summed E-state index contributed by atoms with van der Waals surface area (Å²) in [5, 5.41) is 6.35. The van der Waals surface area contributed by atoms with E-state index in [4.69, 9.17) is 4.74 Å². The number of benzene rings is 3. The number of hydrogen-bond acceptors (Lipinski definition) is 7. The number of methoxy groups -OCH3 is 1. The van der Waals surface area contributed by atoms with E-state index >= 15 is 0 Å². The molecule has 8 heteroatoms. The second kappa shape index (κ2) is 8.25. The molecule has 0 spiro atoms. The lowest BCUT2D eigenvalue weighted by molar-refractivity contribution is 0.0988. The molecule has 0 N–H and O–H groups in total. The molecular weight excluding hydrogens is 428 g/mol.